The number of phenolic OH excluding ortho intramolecular Hbond substituents is 2. The van der Waals surface area contributed by atoms with Gasteiger partial charge in [0.2, 0.25) is 0 Å². The van der Waals surface area contributed by atoms with Crippen LogP contribution in [0.1, 0.15) is 11.8 Å². The molecule has 0 bridgehead atoms. The van der Waals surface area contributed by atoms with Gasteiger partial charge in [-0.2, -0.15) is 0 Å². The molecular formula is C17H19IN5O9P. The molecule has 0 spiro atoms. The molecule has 0 saturated carbocycles. The monoisotopic (exact) mass is 595 g/mol. The van der Waals surface area contributed by atoms with Crippen LogP contribution in [0.3, 0.4) is 0 Å². The molecule has 7 N–H and O–H groups in total. The van der Waals surface area contributed by atoms with Crippen LogP contribution in [0.15, 0.2) is 24.8 Å². The number of rotatable bonds is 7. The molecule has 1 aliphatic heterocycles. The molecule has 0 amide bonds. The minimum atomic E-state index is -4.79. The molecule has 1 fully saturated rings. The van der Waals surface area contributed by atoms with E-state index in [2.05, 4.69) is 24.8 Å². The zero-order chi connectivity index (χ0) is 23.9. The molecule has 33 heavy (non-hydrogen) atoms. The number of imidazole rings is 1. The van der Waals surface area contributed by atoms with Crippen LogP contribution in [0.25, 0.3) is 11.2 Å². The summed E-state index contributed by atoms with van der Waals surface area (Å²) in [6, 6.07) is 3.00. The van der Waals surface area contributed by atoms with Gasteiger partial charge in [0.25, 0.3) is 0 Å². The van der Waals surface area contributed by atoms with Gasteiger partial charge in [-0.05, 0) is 34.7 Å². The average Bonchev–Trinajstić information content (AvgIpc) is 3.27. The average molecular weight is 595 g/mol. The fourth-order valence-electron chi connectivity index (χ4n) is 3.40. The summed E-state index contributed by atoms with van der Waals surface area (Å²) >= 11 is 1.96. The molecule has 178 valence electrons. The van der Waals surface area contributed by atoms with E-state index in [1.54, 1.807) is 0 Å². The first-order chi connectivity index (χ1) is 15.5. The van der Waals surface area contributed by atoms with Crippen LogP contribution in [0.4, 0.5) is 5.82 Å². The Morgan fingerprint density at radius 2 is 1.85 bits per heavy atom. The number of aromatic hydroxyl groups is 2. The van der Waals surface area contributed by atoms with Crippen molar-refractivity contribution in [1.82, 2.24) is 19.5 Å². The summed E-state index contributed by atoms with van der Waals surface area (Å²) in [4.78, 5) is 30.2. The largest absolute Gasteiger partial charge is 0.507 e. The number of ether oxygens (including phenoxy) is 1. The predicted octanol–water partition coefficient (Wildman–Crippen LogP) is 0.183. The van der Waals surface area contributed by atoms with Gasteiger partial charge in [0.1, 0.15) is 36.1 Å². The van der Waals surface area contributed by atoms with Crippen molar-refractivity contribution >= 4 is 47.4 Å². The third-order valence-corrected chi connectivity index (χ3v) is 6.09. The number of fused-ring (bicyclic) bond motifs is 1. The van der Waals surface area contributed by atoms with E-state index < -0.39 is 39.0 Å². The lowest BCUT2D eigenvalue weighted by Crippen LogP contribution is -2.33. The lowest BCUT2D eigenvalue weighted by molar-refractivity contribution is -0.0504. The fourth-order valence-corrected chi connectivity index (χ4v) is 4.33. The molecule has 14 nitrogen and oxygen atoms in total. The standard InChI is InChI=1S/C17H19IN5O9P/c18-7-1-9(24)8(10(25)2-7)3-19-15-12-16(21-5-20-15)23(6-22-12)17-14(27)13(26)11(32-17)4-31-33(28,29)30/h1-2,5-6,11,13-14,17,24-27H,3-4H2,(H,19,20,21)(H2,28,29,30)/t11-,13-,14-,17-/m1/s1. The molecule has 4 rings (SSSR count). The van der Waals surface area contributed by atoms with Crippen LogP contribution in [0, 0.1) is 3.57 Å². The van der Waals surface area contributed by atoms with Gasteiger partial charge in [0, 0.05) is 10.1 Å². The van der Waals surface area contributed by atoms with Crippen molar-refractivity contribution < 1.29 is 44.0 Å². The van der Waals surface area contributed by atoms with Gasteiger partial charge in [-0.1, -0.05) is 0 Å². The van der Waals surface area contributed by atoms with Crippen molar-refractivity contribution in [1.29, 1.82) is 0 Å². The normalized spacial score (nSPS) is 23.3. The van der Waals surface area contributed by atoms with E-state index in [1.165, 1.54) is 29.4 Å². The summed E-state index contributed by atoms with van der Waals surface area (Å²) in [6.07, 6.45) is -2.78. The Morgan fingerprint density at radius 1 is 1.15 bits per heavy atom. The van der Waals surface area contributed by atoms with Crippen LogP contribution < -0.4 is 5.32 Å². The quantitative estimate of drug-likeness (QED) is 0.144. The van der Waals surface area contributed by atoms with E-state index >= 15 is 0 Å². The number of aromatic nitrogens is 4. The number of halogens is 1. The van der Waals surface area contributed by atoms with E-state index in [0.717, 1.165) is 0 Å². The van der Waals surface area contributed by atoms with E-state index in [-0.39, 0.29) is 40.6 Å². The molecule has 0 radical (unpaired) electrons. The fraction of sp³-hybridized carbons (Fsp3) is 0.353. The van der Waals surface area contributed by atoms with Crippen molar-refractivity contribution in [3.8, 4) is 11.5 Å². The number of hydrogen-bond acceptors (Lipinski definition) is 11. The van der Waals surface area contributed by atoms with Gasteiger partial charge >= 0.3 is 7.82 Å². The Morgan fingerprint density at radius 3 is 2.52 bits per heavy atom. The lowest BCUT2D eigenvalue weighted by Gasteiger charge is -2.16. The number of aliphatic hydroxyl groups is 2. The van der Waals surface area contributed by atoms with Crippen LogP contribution in [-0.2, 0) is 20.4 Å². The van der Waals surface area contributed by atoms with Crippen LogP contribution in [-0.4, -0.2) is 74.7 Å². The van der Waals surface area contributed by atoms with Crippen LogP contribution >= 0.6 is 30.4 Å². The number of benzene rings is 1. The highest BCUT2D eigenvalue weighted by Crippen LogP contribution is 2.39. The zero-order valence-corrected chi connectivity index (χ0v) is 19.6. The third kappa shape index (κ3) is 5.04. The number of aliphatic hydroxyl groups excluding tert-OH is 2. The van der Waals surface area contributed by atoms with Crippen molar-refractivity contribution in [3.05, 3.63) is 33.9 Å². The maximum Gasteiger partial charge on any atom is 0.469 e. The molecule has 16 heteroatoms. The van der Waals surface area contributed by atoms with E-state index in [4.69, 9.17) is 14.5 Å². The Labute approximate surface area is 199 Å². The van der Waals surface area contributed by atoms with E-state index in [1.807, 2.05) is 22.6 Å². The third-order valence-electron chi connectivity index (χ3n) is 4.98. The number of anilines is 1. The van der Waals surface area contributed by atoms with Crippen LogP contribution in [0.2, 0.25) is 0 Å². The first kappa shape index (κ1) is 24.0. The summed E-state index contributed by atoms with van der Waals surface area (Å²) < 4.78 is 22.9. The Balaban J connectivity index is 1.56. The molecule has 3 heterocycles. The molecular weight excluding hydrogens is 576 g/mol. The molecule has 0 unspecified atom stereocenters. The maximum absolute atomic E-state index is 10.9. The second-order valence-electron chi connectivity index (χ2n) is 7.16. The SMILES string of the molecule is O=P(O)(O)OC[C@H]1O[C@@H](n2cnc3c(NCc4c(O)cc(I)cc4O)ncnc32)[C@H](O)[C@@H]1O. The highest BCUT2D eigenvalue weighted by Gasteiger charge is 2.45. The molecule has 1 aliphatic rings. The second kappa shape index (κ2) is 9.27. The highest BCUT2D eigenvalue weighted by molar-refractivity contribution is 14.1. The topological polar surface area (TPSA) is 213 Å². The Hall–Kier alpha value is -2.11. The number of phosphoric acid groups is 1. The highest BCUT2D eigenvalue weighted by atomic mass is 127. The summed E-state index contributed by atoms with van der Waals surface area (Å²) in [5, 5.41) is 43.8. The number of phenols is 2. The summed E-state index contributed by atoms with van der Waals surface area (Å²) in [5.41, 5.74) is 0.769. The Kier molecular flexibility index (Phi) is 6.75. The maximum atomic E-state index is 10.9. The number of nitrogens with zero attached hydrogens (tertiary/aromatic N) is 4. The number of nitrogens with one attached hydrogen (secondary N) is 1. The first-order valence-corrected chi connectivity index (χ1v) is 12.0. The zero-order valence-electron chi connectivity index (χ0n) is 16.6. The van der Waals surface area contributed by atoms with Crippen molar-refractivity contribution in [2.75, 3.05) is 11.9 Å². The summed E-state index contributed by atoms with van der Waals surface area (Å²) in [7, 11) is -4.79. The van der Waals surface area contributed by atoms with Gasteiger partial charge in [0.15, 0.2) is 23.2 Å². The smallest absolute Gasteiger partial charge is 0.469 e. The predicted molar refractivity (Wildman–Crippen MR) is 119 cm³/mol. The van der Waals surface area contributed by atoms with Gasteiger partial charge in [-0.15, -0.1) is 0 Å². The molecule has 3 aromatic rings. The molecule has 1 aromatic carbocycles. The molecule has 4 atom stereocenters. The van der Waals surface area contributed by atoms with Crippen molar-refractivity contribution in [3.63, 3.8) is 0 Å². The van der Waals surface area contributed by atoms with E-state index in [0.29, 0.717) is 3.57 Å². The second-order valence-corrected chi connectivity index (χ2v) is 9.64. The van der Waals surface area contributed by atoms with Crippen LogP contribution in [0.5, 0.6) is 11.5 Å². The van der Waals surface area contributed by atoms with Crippen molar-refractivity contribution in [2.45, 2.75) is 31.1 Å². The minimum Gasteiger partial charge on any atom is -0.507 e. The molecule has 2 aromatic heterocycles. The first-order valence-electron chi connectivity index (χ1n) is 9.38. The van der Waals surface area contributed by atoms with Gasteiger partial charge < -0.3 is 40.3 Å². The van der Waals surface area contributed by atoms with Crippen molar-refractivity contribution in [2.24, 2.45) is 0 Å². The minimum absolute atomic E-state index is 0.0244. The molecule has 1 saturated heterocycles. The summed E-state index contributed by atoms with van der Waals surface area (Å²) in [5.74, 6) is 0.0797. The molecule has 0 aliphatic carbocycles. The Bertz CT molecular complexity index is 1200. The lowest BCUT2D eigenvalue weighted by atomic mass is 10.1. The number of hydrogen-bond donors (Lipinski definition) is 7. The van der Waals surface area contributed by atoms with Gasteiger partial charge in [-0.25, -0.2) is 19.5 Å². The summed E-state index contributed by atoms with van der Waals surface area (Å²) in [6.45, 7) is -0.618. The van der Waals surface area contributed by atoms with Gasteiger partial charge in [-0.3, -0.25) is 9.09 Å². The van der Waals surface area contributed by atoms with E-state index in [9.17, 15) is 25.0 Å². The number of phosphoric ester groups is 1. The van der Waals surface area contributed by atoms with Gasteiger partial charge in [0.05, 0.1) is 18.5 Å².